The normalized spacial score (nSPS) is 19.5. The number of hydrogen-bond donors (Lipinski definition) is 2. The zero-order chi connectivity index (χ0) is 19.9. The van der Waals surface area contributed by atoms with Crippen molar-refractivity contribution in [3.63, 3.8) is 0 Å². The number of likely N-dealkylation sites (N-methyl/N-ethyl adjacent to an activating group) is 1. The quantitative estimate of drug-likeness (QED) is 0.712. The van der Waals surface area contributed by atoms with Crippen LogP contribution in [0.5, 0.6) is 0 Å². The lowest BCUT2D eigenvalue weighted by molar-refractivity contribution is -0.122. The number of likely N-dealkylation sites (tertiary alicyclic amines) is 1. The molecule has 1 aromatic carbocycles. The van der Waals surface area contributed by atoms with E-state index in [1.807, 2.05) is 37.4 Å². The van der Waals surface area contributed by atoms with Crippen LogP contribution in [0.2, 0.25) is 0 Å². The van der Waals surface area contributed by atoms with Crippen LogP contribution >= 0.6 is 0 Å². The summed E-state index contributed by atoms with van der Waals surface area (Å²) in [5, 5.41) is 9.76. The molecule has 2 N–H and O–H groups in total. The molecule has 0 saturated carbocycles. The number of carbonyl (C=O) groups is 2. The highest BCUT2D eigenvalue weighted by Crippen LogP contribution is 2.24. The topological polar surface area (TPSA) is 100 Å². The summed E-state index contributed by atoms with van der Waals surface area (Å²) < 4.78 is 5.27. The lowest BCUT2D eigenvalue weighted by Gasteiger charge is -2.25. The SMILES string of the molecule is CC(=O)NC[C@H]1CC[C@@H](CC(=O)NCCc2noc(-c3ccccc3)n2)N1C. The van der Waals surface area contributed by atoms with Crippen LogP contribution in [-0.2, 0) is 16.0 Å². The van der Waals surface area contributed by atoms with Crippen molar-refractivity contribution in [1.82, 2.24) is 25.7 Å². The summed E-state index contributed by atoms with van der Waals surface area (Å²) in [6.45, 7) is 2.62. The molecular weight excluding hydrogens is 358 g/mol. The number of rotatable bonds is 8. The fourth-order valence-corrected chi connectivity index (χ4v) is 3.50. The predicted octanol–water partition coefficient (Wildman–Crippen LogP) is 1.38. The van der Waals surface area contributed by atoms with Gasteiger partial charge in [0.05, 0.1) is 0 Å². The molecule has 3 rings (SSSR count). The van der Waals surface area contributed by atoms with Crippen molar-refractivity contribution in [2.24, 2.45) is 0 Å². The van der Waals surface area contributed by atoms with Gasteiger partial charge in [0.2, 0.25) is 11.8 Å². The van der Waals surface area contributed by atoms with Crippen molar-refractivity contribution in [1.29, 1.82) is 0 Å². The second-order valence-electron chi connectivity index (χ2n) is 7.17. The third-order valence-corrected chi connectivity index (χ3v) is 5.15. The number of carbonyl (C=O) groups excluding carboxylic acids is 2. The zero-order valence-electron chi connectivity index (χ0n) is 16.4. The zero-order valence-corrected chi connectivity index (χ0v) is 16.4. The van der Waals surface area contributed by atoms with Crippen LogP contribution in [0.25, 0.3) is 11.5 Å². The van der Waals surface area contributed by atoms with Crippen molar-refractivity contribution in [2.75, 3.05) is 20.1 Å². The Bertz CT molecular complexity index is 792. The van der Waals surface area contributed by atoms with Crippen molar-refractivity contribution in [2.45, 2.75) is 44.7 Å². The van der Waals surface area contributed by atoms with Crippen LogP contribution in [-0.4, -0.2) is 59.1 Å². The molecule has 8 heteroatoms. The van der Waals surface area contributed by atoms with Gasteiger partial charge in [0.25, 0.3) is 5.89 Å². The summed E-state index contributed by atoms with van der Waals surface area (Å²) >= 11 is 0. The summed E-state index contributed by atoms with van der Waals surface area (Å²) in [5.74, 6) is 1.06. The van der Waals surface area contributed by atoms with E-state index < -0.39 is 0 Å². The molecule has 0 bridgehead atoms. The monoisotopic (exact) mass is 385 g/mol. The number of nitrogens with one attached hydrogen (secondary N) is 2. The summed E-state index contributed by atoms with van der Waals surface area (Å²) in [7, 11) is 2.02. The van der Waals surface area contributed by atoms with Gasteiger partial charge in [-0.15, -0.1) is 0 Å². The Hall–Kier alpha value is -2.74. The van der Waals surface area contributed by atoms with Gasteiger partial charge in [0.15, 0.2) is 5.82 Å². The minimum absolute atomic E-state index is 0.0174. The van der Waals surface area contributed by atoms with Crippen LogP contribution in [0.1, 0.15) is 32.0 Å². The Morgan fingerprint density at radius 2 is 1.93 bits per heavy atom. The Balaban J connectivity index is 1.39. The first kappa shape index (κ1) is 20.0. The van der Waals surface area contributed by atoms with Crippen LogP contribution in [0.4, 0.5) is 0 Å². The van der Waals surface area contributed by atoms with E-state index in [4.69, 9.17) is 4.52 Å². The number of benzene rings is 1. The molecule has 1 saturated heterocycles. The smallest absolute Gasteiger partial charge is 0.257 e. The largest absolute Gasteiger partial charge is 0.356 e. The van der Waals surface area contributed by atoms with E-state index in [9.17, 15) is 9.59 Å². The second kappa shape index (κ2) is 9.45. The molecule has 2 atom stereocenters. The maximum atomic E-state index is 12.3. The van der Waals surface area contributed by atoms with E-state index in [1.165, 1.54) is 6.92 Å². The molecule has 1 aliphatic heterocycles. The van der Waals surface area contributed by atoms with Crippen molar-refractivity contribution in [3.8, 4) is 11.5 Å². The molecule has 150 valence electrons. The van der Waals surface area contributed by atoms with Gasteiger partial charge in [-0.25, -0.2) is 0 Å². The Morgan fingerprint density at radius 1 is 1.18 bits per heavy atom. The van der Waals surface area contributed by atoms with E-state index in [1.54, 1.807) is 0 Å². The Labute approximate surface area is 164 Å². The molecule has 28 heavy (non-hydrogen) atoms. The van der Waals surface area contributed by atoms with Crippen LogP contribution in [0, 0.1) is 0 Å². The molecule has 0 aliphatic carbocycles. The minimum atomic E-state index is -0.0218. The fourth-order valence-electron chi connectivity index (χ4n) is 3.50. The third kappa shape index (κ3) is 5.39. The van der Waals surface area contributed by atoms with E-state index in [2.05, 4.69) is 25.7 Å². The number of amides is 2. The highest BCUT2D eigenvalue weighted by molar-refractivity contribution is 5.76. The van der Waals surface area contributed by atoms with Crippen LogP contribution < -0.4 is 10.6 Å². The van der Waals surface area contributed by atoms with Crippen molar-refractivity contribution >= 4 is 11.8 Å². The lowest BCUT2D eigenvalue weighted by Crippen LogP contribution is -2.42. The lowest BCUT2D eigenvalue weighted by atomic mass is 10.1. The van der Waals surface area contributed by atoms with Crippen LogP contribution in [0.3, 0.4) is 0 Å². The second-order valence-corrected chi connectivity index (χ2v) is 7.17. The van der Waals surface area contributed by atoms with Gasteiger partial charge in [-0.1, -0.05) is 23.4 Å². The molecule has 0 spiro atoms. The molecular formula is C20H27N5O3. The first-order valence-electron chi connectivity index (χ1n) is 9.64. The molecule has 2 aromatic rings. The molecule has 0 unspecified atom stereocenters. The van der Waals surface area contributed by atoms with E-state index in [0.717, 1.165) is 18.4 Å². The summed E-state index contributed by atoms with van der Waals surface area (Å²) in [5.41, 5.74) is 0.878. The summed E-state index contributed by atoms with van der Waals surface area (Å²) in [4.78, 5) is 29.9. The summed E-state index contributed by atoms with van der Waals surface area (Å²) in [6.07, 6.45) is 2.92. The Kier molecular flexibility index (Phi) is 6.76. The van der Waals surface area contributed by atoms with Gasteiger partial charge in [0, 0.05) is 50.5 Å². The van der Waals surface area contributed by atoms with Crippen molar-refractivity contribution < 1.29 is 14.1 Å². The maximum absolute atomic E-state index is 12.3. The molecule has 1 aliphatic rings. The van der Waals surface area contributed by atoms with Gasteiger partial charge in [-0.2, -0.15) is 4.98 Å². The third-order valence-electron chi connectivity index (χ3n) is 5.15. The molecule has 2 amide bonds. The maximum Gasteiger partial charge on any atom is 0.257 e. The summed E-state index contributed by atoms with van der Waals surface area (Å²) in [6, 6.07) is 10.1. The van der Waals surface area contributed by atoms with Gasteiger partial charge in [-0.3, -0.25) is 14.5 Å². The Morgan fingerprint density at radius 3 is 2.68 bits per heavy atom. The molecule has 8 nitrogen and oxygen atoms in total. The minimum Gasteiger partial charge on any atom is -0.356 e. The highest BCUT2D eigenvalue weighted by atomic mass is 16.5. The first-order chi connectivity index (χ1) is 13.5. The van der Waals surface area contributed by atoms with E-state index in [0.29, 0.717) is 37.6 Å². The van der Waals surface area contributed by atoms with Gasteiger partial charge >= 0.3 is 0 Å². The number of hydrogen-bond acceptors (Lipinski definition) is 6. The number of nitrogens with zero attached hydrogens (tertiary/aromatic N) is 3. The molecule has 2 heterocycles. The number of aromatic nitrogens is 2. The van der Waals surface area contributed by atoms with Crippen LogP contribution in [0.15, 0.2) is 34.9 Å². The van der Waals surface area contributed by atoms with E-state index in [-0.39, 0.29) is 23.9 Å². The molecule has 0 radical (unpaired) electrons. The molecule has 1 fully saturated rings. The first-order valence-corrected chi connectivity index (χ1v) is 9.64. The predicted molar refractivity (Wildman–Crippen MR) is 104 cm³/mol. The van der Waals surface area contributed by atoms with Gasteiger partial charge < -0.3 is 15.2 Å². The van der Waals surface area contributed by atoms with Gasteiger partial charge in [0.1, 0.15) is 0 Å². The average molecular weight is 385 g/mol. The van der Waals surface area contributed by atoms with Gasteiger partial charge in [-0.05, 0) is 32.0 Å². The standard InChI is InChI=1S/C20H27N5O3/c1-14(26)22-13-17-9-8-16(25(17)2)12-19(27)21-11-10-18-23-20(28-24-18)15-6-4-3-5-7-15/h3-7,16-17H,8-13H2,1-2H3,(H,21,27)(H,22,26)/t16-,17+/m0/s1. The molecule has 1 aromatic heterocycles. The fraction of sp³-hybridized carbons (Fsp3) is 0.500. The van der Waals surface area contributed by atoms with Crippen molar-refractivity contribution in [3.05, 3.63) is 36.2 Å². The average Bonchev–Trinajstić information content (AvgIpc) is 3.28. The highest BCUT2D eigenvalue weighted by Gasteiger charge is 2.31. The van der Waals surface area contributed by atoms with E-state index >= 15 is 0 Å².